The van der Waals surface area contributed by atoms with E-state index in [-0.39, 0.29) is 0 Å². The van der Waals surface area contributed by atoms with Gasteiger partial charge in [-0.3, -0.25) is 0 Å². The molecule has 1 unspecified atom stereocenters. The summed E-state index contributed by atoms with van der Waals surface area (Å²) in [5, 5.41) is 7.12. The highest BCUT2D eigenvalue weighted by molar-refractivity contribution is 8.22. The van der Waals surface area contributed by atoms with Crippen molar-refractivity contribution < 1.29 is 4.74 Å². The monoisotopic (exact) mass is 273 g/mol. The van der Waals surface area contributed by atoms with E-state index in [4.69, 9.17) is 22.4 Å². The summed E-state index contributed by atoms with van der Waals surface area (Å²) in [4.78, 5) is 0. The first kappa shape index (κ1) is 16.6. The van der Waals surface area contributed by atoms with Crippen molar-refractivity contribution in [2.24, 2.45) is 5.92 Å². The molecule has 4 heteroatoms. The Kier molecular flexibility index (Phi) is 10.6. The number of hydrogen-bond acceptors (Lipinski definition) is 4. The fourth-order valence-corrected chi connectivity index (χ4v) is 1.83. The number of rotatable bonds is 8. The number of unbranched alkanes of at least 4 members (excludes halogenated alkanes) is 2. The standard InChI is InChI=1S/C13H23NOS2/c1-4-5-6-7-12(11(2)8-9-14)10-15-13(16)17-3/h8-9,12,14H,4-7,10H2,1-3H3/b11-8+,14-9?. The maximum atomic E-state index is 7.12. The molecule has 1 atom stereocenters. The van der Waals surface area contributed by atoms with Gasteiger partial charge in [0.2, 0.25) is 4.38 Å². The minimum absolute atomic E-state index is 0.383. The summed E-state index contributed by atoms with van der Waals surface area (Å²) in [6, 6.07) is 0. The molecule has 0 radical (unpaired) electrons. The molecule has 0 heterocycles. The molecule has 1 N–H and O–H groups in total. The molecule has 98 valence electrons. The minimum Gasteiger partial charge on any atom is -0.478 e. The second kappa shape index (κ2) is 10.8. The van der Waals surface area contributed by atoms with Gasteiger partial charge in [0, 0.05) is 12.1 Å². The fraction of sp³-hybridized carbons (Fsp3) is 0.692. The van der Waals surface area contributed by atoms with E-state index in [9.17, 15) is 0 Å². The third kappa shape index (κ3) is 8.38. The first-order chi connectivity index (χ1) is 8.15. The number of nitrogens with one attached hydrogen (secondary N) is 1. The van der Waals surface area contributed by atoms with Gasteiger partial charge in [0.1, 0.15) is 0 Å². The summed E-state index contributed by atoms with van der Waals surface area (Å²) >= 11 is 6.50. The maximum Gasteiger partial charge on any atom is 0.219 e. The van der Waals surface area contributed by atoms with E-state index in [2.05, 4.69) is 13.8 Å². The Morgan fingerprint density at radius 2 is 2.18 bits per heavy atom. The largest absolute Gasteiger partial charge is 0.478 e. The van der Waals surface area contributed by atoms with Gasteiger partial charge in [0.15, 0.2) is 0 Å². The van der Waals surface area contributed by atoms with E-state index in [0.29, 0.717) is 16.9 Å². The van der Waals surface area contributed by atoms with Crippen LogP contribution in [0.4, 0.5) is 0 Å². The molecular weight excluding hydrogens is 250 g/mol. The van der Waals surface area contributed by atoms with Crippen LogP contribution in [-0.4, -0.2) is 23.5 Å². The third-order valence-corrected chi connectivity index (χ3v) is 3.78. The van der Waals surface area contributed by atoms with Crippen LogP contribution >= 0.6 is 24.0 Å². The van der Waals surface area contributed by atoms with Crippen molar-refractivity contribution in [1.82, 2.24) is 0 Å². The predicted molar refractivity (Wildman–Crippen MR) is 82.2 cm³/mol. The van der Waals surface area contributed by atoms with Crippen molar-refractivity contribution in [1.29, 1.82) is 5.41 Å². The Morgan fingerprint density at radius 3 is 2.71 bits per heavy atom. The number of ether oxygens (including phenoxy) is 1. The highest BCUT2D eigenvalue weighted by Crippen LogP contribution is 2.19. The summed E-state index contributed by atoms with van der Waals surface area (Å²) < 4.78 is 6.13. The first-order valence-electron chi connectivity index (χ1n) is 6.03. The fourth-order valence-electron chi connectivity index (χ4n) is 1.58. The van der Waals surface area contributed by atoms with Gasteiger partial charge >= 0.3 is 0 Å². The Labute approximate surface area is 115 Å². The Hall–Kier alpha value is -0.350. The quantitative estimate of drug-likeness (QED) is 0.403. The number of allylic oxidation sites excluding steroid dienone is 1. The Balaban J connectivity index is 4.24. The molecule has 0 rings (SSSR count). The van der Waals surface area contributed by atoms with E-state index >= 15 is 0 Å². The molecule has 0 spiro atoms. The lowest BCUT2D eigenvalue weighted by atomic mass is 9.94. The molecule has 0 saturated heterocycles. The van der Waals surface area contributed by atoms with Crippen LogP contribution in [0.1, 0.15) is 39.5 Å². The van der Waals surface area contributed by atoms with Crippen LogP contribution in [0.5, 0.6) is 0 Å². The van der Waals surface area contributed by atoms with Crippen LogP contribution in [0, 0.1) is 11.3 Å². The second-order valence-electron chi connectivity index (χ2n) is 4.04. The van der Waals surface area contributed by atoms with Gasteiger partial charge in [-0.1, -0.05) is 43.5 Å². The lowest BCUT2D eigenvalue weighted by Crippen LogP contribution is -2.13. The summed E-state index contributed by atoms with van der Waals surface area (Å²) in [7, 11) is 0. The van der Waals surface area contributed by atoms with Crippen LogP contribution in [0.25, 0.3) is 0 Å². The smallest absolute Gasteiger partial charge is 0.219 e. The van der Waals surface area contributed by atoms with Gasteiger partial charge in [-0.15, -0.1) is 0 Å². The molecule has 0 aliphatic rings. The number of thiocarbonyl (C=S) groups is 1. The average Bonchev–Trinajstić information content (AvgIpc) is 2.33. The zero-order chi connectivity index (χ0) is 13.1. The predicted octanol–water partition coefficient (Wildman–Crippen LogP) is 4.44. The molecule has 17 heavy (non-hydrogen) atoms. The summed E-state index contributed by atoms with van der Waals surface area (Å²) in [5.74, 6) is 0.383. The van der Waals surface area contributed by atoms with Crippen LogP contribution in [0.2, 0.25) is 0 Å². The molecule has 0 aliphatic carbocycles. The molecule has 0 fully saturated rings. The minimum atomic E-state index is 0.383. The number of thioether (sulfide) groups is 1. The van der Waals surface area contributed by atoms with E-state index < -0.39 is 0 Å². The normalized spacial score (nSPS) is 13.2. The maximum absolute atomic E-state index is 7.12. The lowest BCUT2D eigenvalue weighted by molar-refractivity contribution is 0.260. The molecule has 2 nitrogen and oxygen atoms in total. The average molecular weight is 273 g/mol. The van der Waals surface area contributed by atoms with Crippen molar-refractivity contribution >= 4 is 34.6 Å². The van der Waals surface area contributed by atoms with Crippen molar-refractivity contribution in [3.63, 3.8) is 0 Å². The first-order valence-corrected chi connectivity index (χ1v) is 7.67. The van der Waals surface area contributed by atoms with Crippen molar-refractivity contribution in [3.8, 4) is 0 Å². The molecule has 0 aromatic rings. The van der Waals surface area contributed by atoms with Crippen molar-refractivity contribution in [3.05, 3.63) is 11.6 Å². The summed E-state index contributed by atoms with van der Waals surface area (Å²) in [6.45, 7) is 4.90. The van der Waals surface area contributed by atoms with Crippen molar-refractivity contribution in [2.75, 3.05) is 12.9 Å². The summed E-state index contributed by atoms with van der Waals surface area (Å²) in [5.41, 5.74) is 1.21. The van der Waals surface area contributed by atoms with E-state index in [0.717, 1.165) is 6.42 Å². The highest BCUT2D eigenvalue weighted by atomic mass is 32.2. The zero-order valence-corrected chi connectivity index (χ0v) is 12.6. The van der Waals surface area contributed by atoms with E-state index in [1.54, 1.807) is 0 Å². The van der Waals surface area contributed by atoms with Crippen molar-refractivity contribution in [2.45, 2.75) is 39.5 Å². The second-order valence-corrected chi connectivity index (χ2v) is 5.44. The highest BCUT2D eigenvalue weighted by Gasteiger charge is 2.12. The van der Waals surface area contributed by atoms with Gasteiger partial charge in [-0.2, -0.15) is 0 Å². The number of hydrogen-bond donors (Lipinski definition) is 1. The van der Waals surface area contributed by atoms with Gasteiger partial charge in [0.25, 0.3) is 0 Å². The topological polar surface area (TPSA) is 33.1 Å². The van der Waals surface area contributed by atoms with Gasteiger partial charge < -0.3 is 10.1 Å². The SMILES string of the molecule is CCCCCC(COC(=S)SC)/C(C)=C/C=N. The van der Waals surface area contributed by atoms with Gasteiger partial charge in [0.05, 0.1) is 6.61 Å². The molecule has 0 saturated carbocycles. The van der Waals surface area contributed by atoms with Gasteiger partial charge in [-0.05, 0) is 37.9 Å². The molecule has 0 aromatic carbocycles. The zero-order valence-electron chi connectivity index (χ0n) is 11.0. The van der Waals surface area contributed by atoms with Crippen LogP contribution < -0.4 is 0 Å². The van der Waals surface area contributed by atoms with Crippen LogP contribution in [0.3, 0.4) is 0 Å². The van der Waals surface area contributed by atoms with E-state index in [1.807, 2.05) is 12.3 Å². The Bertz CT molecular complexity index is 264. The molecular formula is C13H23NOS2. The Morgan fingerprint density at radius 1 is 1.47 bits per heavy atom. The molecule has 0 amide bonds. The van der Waals surface area contributed by atoms with E-state index in [1.165, 1.54) is 42.8 Å². The van der Waals surface area contributed by atoms with Crippen LogP contribution in [0.15, 0.2) is 11.6 Å². The third-order valence-electron chi connectivity index (χ3n) is 2.72. The lowest BCUT2D eigenvalue weighted by Gasteiger charge is -2.18. The summed E-state index contributed by atoms with van der Waals surface area (Å²) in [6.07, 6.45) is 9.91. The molecule has 0 aromatic heterocycles. The van der Waals surface area contributed by atoms with Crippen LogP contribution in [-0.2, 0) is 4.74 Å². The molecule has 0 aliphatic heterocycles. The van der Waals surface area contributed by atoms with Gasteiger partial charge in [-0.25, -0.2) is 0 Å². The molecule has 0 bridgehead atoms.